The topological polar surface area (TPSA) is 12.9 Å². The van der Waals surface area contributed by atoms with Crippen LogP contribution < -0.4 is 0 Å². The van der Waals surface area contributed by atoms with Crippen LogP contribution in [0.2, 0.25) is 0 Å². The molecule has 1 heterocycles. The summed E-state index contributed by atoms with van der Waals surface area (Å²) in [5.74, 6) is 0. The first kappa shape index (κ1) is 10.6. The normalized spacial score (nSPS) is 10.0. The maximum absolute atomic E-state index is 4.44. The first-order valence-electron chi connectivity index (χ1n) is 5.47. The number of benzene rings is 1. The van der Waals surface area contributed by atoms with Crippen LogP contribution in [0.3, 0.4) is 0 Å². The summed E-state index contributed by atoms with van der Waals surface area (Å²) >= 11 is 0. The summed E-state index contributed by atoms with van der Waals surface area (Å²) < 4.78 is 0. The van der Waals surface area contributed by atoms with Crippen LogP contribution >= 0.6 is 0 Å². The predicted octanol–water partition coefficient (Wildman–Crippen LogP) is 3.40. The van der Waals surface area contributed by atoms with Crippen molar-refractivity contribution < 1.29 is 0 Å². The lowest BCUT2D eigenvalue weighted by Gasteiger charge is -2.06. The minimum absolute atomic E-state index is 0.885. The van der Waals surface area contributed by atoms with Crippen LogP contribution in [-0.2, 0) is 12.8 Å². The van der Waals surface area contributed by atoms with Gasteiger partial charge in [-0.05, 0) is 23.6 Å². The highest BCUT2D eigenvalue weighted by Gasteiger charge is 2.02. The Bertz CT molecular complexity index is 460. The molecule has 1 aromatic carbocycles. The van der Waals surface area contributed by atoms with Crippen LogP contribution in [0, 0.1) is 0 Å². The zero-order chi connectivity index (χ0) is 11.2. The molecule has 1 nitrogen and oxygen atoms in total. The number of aromatic nitrogens is 1. The van der Waals surface area contributed by atoms with Gasteiger partial charge < -0.3 is 0 Å². The van der Waals surface area contributed by atoms with Crippen LogP contribution in [0.5, 0.6) is 0 Å². The minimum Gasteiger partial charge on any atom is -0.261 e. The lowest BCUT2D eigenvalue weighted by Crippen LogP contribution is -1.97. The molecule has 0 bridgehead atoms. The Morgan fingerprint density at radius 1 is 1.06 bits per heavy atom. The van der Waals surface area contributed by atoms with E-state index in [1.807, 2.05) is 24.4 Å². The van der Waals surface area contributed by atoms with Gasteiger partial charge in [-0.15, -0.1) is 6.58 Å². The molecular formula is C15H15N. The number of allylic oxidation sites excluding steroid dienone is 1. The Kier molecular flexibility index (Phi) is 3.50. The second kappa shape index (κ2) is 5.26. The van der Waals surface area contributed by atoms with E-state index in [9.17, 15) is 0 Å². The zero-order valence-electron chi connectivity index (χ0n) is 9.26. The van der Waals surface area contributed by atoms with Crippen molar-refractivity contribution in [1.29, 1.82) is 0 Å². The Balaban J connectivity index is 2.24. The molecule has 0 spiro atoms. The van der Waals surface area contributed by atoms with Crippen molar-refractivity contribution in [2.24, 2.45) is 0 Å². The lowest BCUT2D eigenvalue weighted by molar-refractivity contribution is 1.02. The molecule has 0 saturated carbocycles. The SMILES string of the molecule is C=CCc1cccnc1Cc1ccccc1. The molecule has 16 heavy (non-hydrogen) atoms. The second-order valence-corrected chi connectivity index (χ2v) is 3.76. The average Bonchev–Trinajstić information content (AvgIpc) is 2.33. The number of nitrogens with zero attached hydrogens (tertiary/aromatic N) is 1. The monoisotopic (exact) mass is 209 g/mol. The number of pyridine rings is 1. The van der Waals surface area contributed by atoms with E-state index in [1.54, 1.807) is 0 Å². The molecule has 1 aromatic heterocycles. The maximum atomic E-state index is 4.44. The summed E-state index contributed by atoms with van der Waals surface area (Å²) in [4.78, 5) is 4.44. The van der Waals surface area contributed by atoms with E-state index in [0.717, 1.165) is 18.5 Å². The molecule has 1 heteroatoms. The van der Waals surface area contributed by atoms with Crippen molar-refractivity contribution in [2.75, 3.05) is 0 Å². The fourth-order valence-corrected chi connectivity index (χ4v) is 1.76. The second-order valence-electron chi connectivity index (χ2n) is 3.76. The molecule has 2 rings (SSSR count). The van der Waals surface area contributed by atoms with E-state index in [2.05, 4.69) is 41.9 Å². The molecule has 2 aromatic rings. The molecule has 0 radical (unpaired) electrons. The van der Waals surface area contributed by atoms with Gasteiger partial charge in [0.05, 0.1) is 0 Å². The van der Waals surface area contributed by atoms with Crippen molar-refractivity contribution in [2.45, 2.75) is 12.8 Å². The van der Waals surface area contributed by atoms with Crippen molar-refractivity contribution in [3.8, 4) is 0 Å². The van der Waals surface area contributed by atoms with Crippen molar-refractivity contribution in [3.63, 3.8) is 0 Å². The van der Waals surface area contributed by atoms with Gasteiger partial charge in [0.2, 0.25) is 0 Å². The Labute approximate surface area is 96.5 Å². The van der Waals surface area contributed by atoms with Crippen LogP contribution in [-0.4, -0.2) is 4.98 Å². The van der Waals surface area contributed by atoms with Crippen LogP contribution in [0.1, 0.15) is 16.8 Å². The first-order valence-corrected chi connectivity index (χ1v) is 5.47. The maximum Gasteiger partial charge on any atom is 0.0482 e. The molecule has 0 aliphatic rings. The molecule has 0 aliphatic heterocycles. The summed E-state index contributed by atoms with van der Waals surface area (Å²) in [5.41, 5.74) is 3.71. The minimum atomic E-state index is 0.885. The molecule has 0 amide bonds. The molecule has 0 atom stereocenters. The fraction of sp³-hybridized carbons (Fsp3) is 0.133. The van der Waals surface area contributed by atoms with E-state index >= 15 is 0 Å². The van der Waals surface area contributed by atoms with Crippen LogP contribution in [0.25, 0.3) is 0 Å². The highest BCUT2D eigenvalue weighted by Crippen LogP contribution is 2.12. The van der Waals surface area contributed by atoms with Crippen molar-refractivity contribution in [3.05, 3.63) is 78.1 Å². The van der Waals surface area contributed by atoms with Gasteiger partial charge in [-0.2, -0.15) is 0 Å². The van der Waals surface area contributed by atoms with Gasteiger partial charge in [0.25, 0.3) is 0 Å². The largest absolute Gasteiger partial charge is 0.261 e. The summed E-state index contributed by atoms with van der Waals surface area (Å²) in [6.07, 6.45) is 5.55. The summed E-state index contributed by atoms with van der Waals surface area (Å²) in [6, 6.07) is 14.5. The summed E-state index contributed by atoms with van der Waals surface area (Å²) in [7, 11) is 0. The quantitative estimate of drug-likeness (QED) is 0.703. The number of hydrogen-bond donors (Lipinski definition) is 0. The average molecular weight is 209 g/mol. The fourth-order valence-electron chi connectivity index (χ4n) is 1.76. The predicted molar refractivity (Wildman–Crippen MR) is 67.4 cm³/mol. The van der Waals surface area contributed by atoms with Gasteiger partial charge in [0.15, 0.2) is 0 Å². The molecule has 0 fully saturated rings. The molecule has 0 aliphatic carbocycles. The molecule has 0 saturated heterocycles. The number of rotatable bonds is 4. The highest BCUT2D eigenvalue weighted by molar-refractivity contribution is 5.28. The van der Waals surface area contributed by atoms with E-state index in [1.165, 1.54) is 11.1 Å². The summed E-state index contributed by atoms with van der Waals surface area (Å²) in [5, 5.41) is 0. The highest BCUT2D eigenvalue weighted by atomic mass is 14.7. The summed E-state index contributed by atoms with van der Waals surface area (Å²) in [6.45, 7) is 3.78. The van der Waals surface area contributed by atoms with Gasteiger partial charge in [-0.1, -0.05) is 42.5 Å². The smallest absolute Gasteiger partial charge is 0.0482 e. The molecule has 80 valence electrons. The van der Waals surface area contributed by atoms with Crippen molar-refractivity contribution >= 4 is 0 Å². The number of hydrogen-bond acceptors (Lipinski definition) is 1. The first-order chi connectivity index (χ1) is 7.90. The van der Waals surface area contributed by atoms with E-state index in [-0.39, 0.29) is 0 Å². The van der Waals surface area contributed by atoms with Gasteiger partial charge in [-0.25, -0.2) is 0 Å². The van der Waals surface area contributed by atoms with Gasteiger partial charge in [0.1, 0.15) is 0 Å². The molecule has 0 unspecified atom stereocenters. The van der Waals surface area contributed by atoms with Gasteiger partial charge >= 0.3 is 0 Å². The molecule has 0 N–H and O–H groups in total. The van der Waals surface area contributed by atoms with E-state index < -0.39 is 0 Å². The molecular weight excluding hydrogens is 194 g/mol. The van der Waals surface area contributed by atoms with Crippen molar-refractivity contribution in [1.82, 2.24) is 4.98 Å². The van der Waals surface area contributed by atoms with E-state index in [0.29, 0.717) is 0 Å². The van der Waals surface area contributed by atoms with Gasteiger partial charge in [0, 0.05) is 18.3 Å². The third-order valence-corrected chi connectivity index (χ3v) is 2.56. The Morgan fingerprint density at radius 3 is 2.62 bits per heavy atom. The standard InChI is InChI=1S/C15H15N/c1-2-7-14-10-6-11-16-15(14)12-13-8-4-3-5-9-13/h2-6,8-11H,1,7,12H2. The van der Waals surface area contributed by atoms with E-state index in [4.69, 9.17) is 0 Å². The Morgan fingerprint density at radius 2 is 1.88 bits per heavy atom. The Hall–Kier alpha value is -1.89. The van der Waals surface area contributed by atoms with Gasteiger partial charge in [-0.3, -0.25) is 4.98 Å². The third-order valence-electron chi connectivity index (χ3n) is 2.56. The third kappa shape index (κ3) is 2.57. The van der Waals surface area contributed by atoms with Crippen LogP contribution in [0.15, 0.2) is 61.3 Å². The lowest BCUT2D eigenvalue weighted by atomic mass is 10.0. The zero-order valence-corrected chi connectivity index (χ0v) is 9.26. The van der Waals surface area contributed by atoms with Crippen LogP contribution in [0.4, 0.5) is 0 Å².